The van der Waals surface area contributed by atoms with Crippen molar-refractivity contribution in [2.75, 3.05) is 18.4 Å². The minimum atomic E-state index is 0.0390. The second-order valence-electron chi connectivity index (χ2n) is 6.98. The van der Waals surface area contributed by atoms with Crippen molar-refractivity contribution >= 4 is 22.6 Å². The Labute approximate surface area is 150 Å². The average Bonchev–Trinajstić information content (AvgIpc) is 2.77. The van der Waals surface area contributed by atoms with Gasteiger partial charge in [-0.15, -0.1) is 0 Å². The van der Waals surface area contributed by atoms with Gasteiger partial charge in [0.15, 0.2) is 0 Å². The van der Waals surface area contributed by atoms with Crippen molar-refractivity contribution in [3.63, 3.8) is 0 Å². The first-order valence-corrected chi connectivity index (χ1v) is 9.72. The topological polar surface area (TPSA) is 50.2 Å². The van der Waals surface area contributed by atoms with Crippen LogP contribution in [0, 0.1) is 0 Å². The number of amides is 1. The number of fused-ring (bicyclic) bond motifs is 1. The Hall–Kier alpha value is -1.88. The Kier molecular flexibility index (Phi) is 6.08. The summed E-state index contributed by atoms with van der Waals surface area (Å²) in [6.45, 7) is 8.33. The first-order chi connectivity index (χ1) is 12.2. The largest absolute Gasteiger partial charge is 0.327 e. The van der Waals surface area contributed by atoms with Gasteiger partial charge in [0, 0.05) is 18.7 Å². The molecule has 1 N–H and O–H groups in total. The highest BCUT2D eigenvalue weighted by atomic mass is 16.1. The van der Waals surface area contributed by atoms with E-state index in [1.165, 1.54) is 44.3 Å². The van der Waals surface area contributed by atoms with Crippen LogP contribution in [-0.2, 0) is 17.9 Å². The Morgan fingerprint density at radius 3 is 2.60 bits per heavy atom. The van der Waals surface area contributed by atoms with Gasteiger partial charge in [0.1, 0.15) is 5.82 Å². The Balaban J connectivity index is 1.87. The van der Waals surface area contributed by atoms with Crippen LogP contribution in [0.25, 0.3) is 11.0 Å². The number of nitrogens with zero attached hydrogens (tertiary/aromatic N) is 3. The van der Waals surface area contributed by atoms with Gasteiger partial charge in [-0.1, -0.05) is 26.7 Å². The number of aromatic nitrogens is 2. The standard InChI is InChI=1S/C20H30N4O/c1-3-11-24-18-10-9-16(21-20(25)4-2)14-17(18)22-19(24)15-23-12-7-5-6-8-13-23/h9-10,14H,3-8,11-13,15H2,1-2H3,(H,21,25). The van der Waals surface area contributed by atoms with Crippen LogP contribution in [0.1, 0.15) is 58.2 Å². The van der Waals surface area contributed by atoms with Gasteiger partial charge >= 0.3 is 0 Å². The lowest BCUT2D eigenvalue weighted by Crippen LogP contribution is -2.26. The van der Waals surface area contributed by atoms with Crippen molar-refractivity contribution in [1.29, 1.82) is 0 Å². The molecule has 0 bridgehead atoms. The molecule has 1 aromatic heterocycles. The average molecular weight is 342 g/mol. The summed E-state index contributed by atoms with van der Waals surface area (Å²) in [6, 6.07) is 6.08. The normalized spacial score (nSPS) is 16.1. The molecule has 1 amide bonds. The molecule has 2 aromatic rings. The fraction of sp³-hybridized carbons (Fsp3) is 0.600. The Morgan fingerprint density at radius 1 is 1.16 bits per heavy atom. The number of imidazole rings is 1. The van der Waals surface area contributed by atoms with Crippen LogP contribution in [0.5, 0.6) is 0 Å². The fourth-order valence-electron chi connectivity index (χ4n) is 3.59. The third-order valence-electron chi connectivity index (χ3n) is 4.94. The van der Waals surface area contributed by atoms with Crippen LogP contribution in [0.15, 0.2) is 18.2 Å². The van der Waals surface area contributed by atoms with E-state index < -0.39 is 0 Å². The van der Waals surface area contributed by atoms with Crippen LogP contribution >= 0.6 is 0 Å². The smallest absolute Gasteiger partial charge is 0.224 e. The predicted octanol–water partition coefficient (Wildman–Crippen LogP) is 4.17. The molecule has 3 rings (SSSR count). The highest BCUT2D eigenvalue weighted by Crippen LogP contribution is 2.23. The van der Waals surface area contributed by atoms with Crippen molar-refractivity contribution in [3.8, 4) is 0 Å². The van der Waals surface area contributed by atoms with Crippen molar-refractivity contribution < 1.29 is 4.79 Å². The number of carbonyl (C=O) groups is 1. The zero-order chi connectivity index (χ0) is 17.6. The molecule has 0 atom stereocenters. The third kappa shape index (κ3) is 4.40. The number of hydrogen-bond donors (Lipinski definition) is 1. The molecule has 1 aliphatic heterocycles. The molecule has 136 valence electrons. The summed E-state index contributed by atoms with van der Waals surface area (Å²) in [6.07, 6.45) is 6.86. The zero-order valence-corrected chi connectivity index (χ0v) is 15.6. The lowest BCUT2D eigenvalue weighted by atomic mass is 10.2. The highest BCUT2D eigenvalue weighted by molar-refractivity contribution is 5.92. The van der Waals surface area contributed by atoms with Crippen LogP contribution in [-0.4, -0.2) is 33.4 Å². The van der Waals surface area contributed by atoms with Crippen molar-refractivity contribution in [2.45, 2.75) is 65.5 Å². The zero-order valence-electron chi connectivity index (χ0n) is 15.6. The lowest BCUT2D eigenvalue weighted by molar-refractivity contribution is -0.115. The molecule has 1 fully saturated rings. The van der Waals surface area contributed by atoms with E-state index in [9.17, 15) is 4.79 Å². The van der Waals surface area contributed by atoms with Gasteiger partial charge in [-0.25, -0.2) is 4.98 Å². The molecule has 0 saturated carbocycles. The number of rotatable bonds is 6. The SMILES string of the molecule is CCCn1c(CN2CCCCCC2)nc2cc(NC(=O)CC)ccc21. The summed E-state index contributed by atoms with van der Waals surface area (Å²) in [5, 5.41) is 2.94. The molecule has 0 aliphatic carbocycles. The van der Waals surface area contributed by atoms with Gasteiger partial charge in [-0.2, -0.15) is 0 Å². The molecule has 0 radical (unpaired) electrons. The number of anilines is 1. The van der Waals surface area contributed by atoms with Gasteiger partial charge in [0.05, 0.1) is 17.6 Å². The summed E-state index contributed by atoms with van der Waals surface area (Å²) in [5.41, 5.74) is 2.98. The minimum absolute atomic E-state index is 0.0390. The van der Waals surface area contributed by atoms with Gasteiger partial charge in [0.2, 0.25) is 5.91 Å². The van der Waals surface area contributed by atoms with E-state index in [2.05, 4.69) is 27.8 Å². The number of aryl methyl sites for hydroxylation is 1. The van der Waals surface area contributed by atoms with Crippen LogP contribution in [0.3, 0.4) is 0 Å². The van der Waals surface area contributed by atoms with Gasteiger partial charge in [-0.3, -0.25) is 9.69 Å². The van der Waals surface area contributed by atoms with E-state index in [1.54, 1.807) is 0 Å². The van der Waals surface area contributed by atoms with Crippen molar-refractivity contribution in [3.05, 3.63) is 24.0 Å². The van der Waals surface area contributed by atoms with Crippen molar-refractivity contribution in [1.82, 2.24) is 14.5 Å². The number of benzene rings is 1. The van der Waals surface area contributed by atoms with Gasteiger partial charge in [-0.05, 0) is 50.6 Å². The van der Waals surface area contributed by atoms with E-state index in [-0.39, 0.29) is 5.91 Å². The second kappa shape index (κ2) is 8.48. The minimum Gasteiger partial charge on any atom is -0.327 e. The van der Waals surface area contributed by atoms with E-state index in [0.717, 1.165) is 36.5 Å². The molecule has 0 unspecified atom stereocenters. The summed E-state index contributed by atoms with van der Waals surface area (Å²) < 4.78 is 2.35. The van der Waals surface area contributed by atoms with E-state index in [1.807, 2.05) is 19.1 Å². The summed E-state index contributed by atoms with van der Waals surface area (Å²) >= 11 is 0. The van der Waals surface area contributed by atoms with Crippen LogP contribution < -0.4 is 5.32 Å². The maximum absolute atomic E-state index is 11.6. The monoisotopic (exact) mass is 342 g/mol. The van der Waals surface area contributed by atoms with Gasteiger partial charge in [0.25, 0.3) is 0 Å². The number of hydrogen-bond acceptors (Lipinski definition) is 3. The molecule has 1 saturated heterocycles. The predicted molar refractivity (Wildman–Crippen MR) is 103 cm³/mol. The first-order valence-electron chi connectivity index (χ1n) is 9.72. The summed E-state index contributed by atoms with van der Waals surface area (Å²) in [5.74, 6) is 1.19. The van der Waals surface area contributed by atoms with E-state index in [0.29, 0.717) is 6.42 Å². The molecular formula is C20H30N4O. The molecule has 1 aromatic carbocycles. The molecule has 0 spiro atoms. The molecule has 5 nitrogen and oxygen atoms in total. The Morgan fingerprint density at radius 2 is 1.92 bits per heavy atom. The van der Waals surface area contributed by atoms with Crippen molar-refractivity contribution in [2.24, 2.45) is 0 Å². The highest BCUT2D eigenvalue weighted by Gasteiger charge is 2.16. The lowest BCUT2D eigenvalue weighted by Gasteiger charge is -2.20. The summed E-state index contributed by atoms with van der Waals surface area (Å²) in [7, 11) is 0. The van der Waals surface area contributed by atoms with E-state index in [4.69, 9.17) is 4.98 Å². The molecule has 25 heavy (non-hydrogen) atoms. The maximum Gasteiger partial charge on any atom is 0.224 e. The Bertz CT molecular complexity index is 714. The van der Waals surface area contributed by atoms with Crippen LogP contribution in [0.4, 0.5) is 5.69 Å². The quantitative estimate of drug-likeness (QED) is 0.857. The number of likely N-dealkylation sites (tertiary alicyclic amines) is 1. The molecule has 1 aliphatic rings. The third-order valence-corrected chi connectivity index (χ3v) is 4.94. The fourth-order valence-corrected chi connectivity index (χ4v) is 3.59. The second-order valence-corrected chi connectivity index (χ2v) is 6.98. The molecule has 5 heteroatoms. The number of nitrogens with one attached hydrogen (secondary N) is 1. The van der Waals surface area contributed by atoms with E-state index >= 15 is 0 Å². The maximum atomic E-state index is 11.6. The summed E-state index contributed by atoms with van der Waals surface area (Å²) in [4.78, 5) is 19.1. The van der Waals surface area contributed by atoms with Crippen LogP contribution in [0.2, 0.25) is 0 Å². The molecular weight excluding hydrogens is 312 g/mol. The van der Waals surface area contributed by atoms with Gasteiger partial charge < -0.3 is 9.88 Å². The molecule has 2 heterocycles. The first kappa shape index (κ1) is 17.9. The number of carbonyl (C=O) groups excluding carboxylic acids is 1.